The number of nitrogens with one attached hydrogen (secondary N) is 1. The van der Waals surface area contributed by atoms with Gasteiger partial charge in [-0.05, 0) is 61.2 Å². The molecule has 0 spiro atoms. The van der Waals surface area contributed by atoms with Crippen LogP contribution in [0.4, 0.5) is 14.5 Å². The Morgan fingerprint density at radius 1 is 1.14 bits per heavy atom. The van der Waals surface area contributed by atoms with Gasteiger partial charge in [0.15, 0.2) is 11.5 Å². The smallest absolute Gasteiger partial charge is 0.395 e. The molecular weight excluding hydrogens is 470 g/mol. The van der Waals surface area contributed by atoms with Gasteiger partial charge in [-0.15, -0.1) is 8.78 Å². The molecular formula is C27H30F2N2O5. The first-order valence-electron chi connectivity index (χ1n) is 12.0. The highest BCUT2D eigenvalue weighted by atomic mass is 19.3. The molecule has 1 saturated carbocycles. The average molecular weight is 501 g/mol. The first-order chi connectivity index (χ1) is 16.8. The first kappa shape index (κ1) is 24.5. The Bertz CT molecular complexity index is 1350. The Morgan fingerprint density at radius 2 is 1.83 bits per heavy atom. The van der Waals surface area contributed by atoms with Crippen molar-refractivity contribution in [3.05, 3.63) is 53.2 Å². The van der Waals surface area contributed by atoms with Gasteiger partial charge in [0, 0.05) is 22.2 Å². The highest BCUT2D eigenvalue weighted by Gasteiger charge is 2.52. The van der Waals surface area contributed by atoms with E-state index in [1.165, 1.54) is 12.1 Å². The molecule has 2 heterocycles. The monoisotopic (exact) mass is 500 g/mol. The molecule has 0 bridgehead atoms. The Kier molecular flexibility index (Phi) is 5.57. The highest BCUT2D eigenvalue weighted by Crippen LogP contribution is 2.52. The van der Waals surface area contributed by atoms with Gasteiger partial charge in [0.2, 0.25) is 5.91 Å². The summed E-state index contributed by atoms with van der Waals surface area (Å²) in [4.78, 5) is 13.4. The number of aliphatic hydroxyl groups excluding tert-OH is 2. The van der Waals surface area contributed by atoms with E-state index < -0.39 is 17.8 Å². The second kappa shape index (κ2) is 8.18. The molecule has 2 aliphatic rings. The number of alkyl halides is 2. The van der Waals surface area contributed by atoms with Crippen LogP contribution in [0, 0.1) is 6.92 Å². The number of halogens is 2. The molecule has 0 radical (unpaired) electrons. The molecule has 9 heteroatoms. The van der Waals surface area contributed by atoms with E-state index in [1.807, 2.05) is 29.7 Å². The number of rotatable bonds is 6. The number of hydrogen-bond donors (Lipinski definition) is 3. The summed E-state index contributed by atoms with van der Waals surface area (Å²) in [5.74, 6) is -0.334. The number of aliphatic hydroxyl groups is 2. The predicted molar refractivity (Wildman–Crippen MR) is 131 cm³/mol. The molecule has 1 atom stereocenters. The summed E-state index contributed by atoms with van der Waals surface area (Å²) in [5.41, 5.74) is 3.07. The number of nitrogens with zero attached hydrogens (tertiary/aromatic N) is 1. The van der Waals surface area contributed by atoms with E-state index in [-0.39, 0.29) is 36.0 Å². The SMILES string of the molecule is Cc1cc(NC(=O)C2(c3ccc4c(c3)OC(F)(F)O4)CC2)cc2cc(C(C)(C)C)n(CC(O)CO)c12. The lowest BCUT2D eigenvalue weighted by Crippen LogP contribution is -2.28. The number of ether oxygens (including phenoxy) is 2. The summed E-state index contributed by atoms with van der Waals surface area (Å²) in [5, 5.41) is 23.5. The lowest BCUT2D eigenvalue weighted by molar-refractivity contribution is -0.286. The molecule has 1 amide bonds. The number of aryl methyl sites for hydroxylation is 1. The van der Waals surface area contributed by atoms with Crippen molar-refractivity contribution in [2.24, 2.45) is 0 Å². The van der Waals surface area contributed by atoms with Crippen molar-refractivity contribution in [3.8, 4) is 11.5 Å². The van der Waals surface area contributed by atoms with Gasteiger partial charge >= 0.3 is 6.29 Å². The van der Waals surface area contributed by atoms with E-state index in [0.717, 1.165) is 22.2 Å². The van der Waals surface area contributed by atoms with Crippen LogP contribution in [0.25, 0.3) is 10.9 Å². The maximum absolute atomic E-state index is 13.4. The van der Waals surface area contributed by atoms with Crippen LogP contribution in [0.1, 0.15) is 50.4 Å². The fourth-order valence-corrected chi connectivity index (χ4v) is 5.05. The number of benzene rings is 2. The second-order valence-electron chi connectivity index (χ2n) is 10.8. The van der Waals surface area contributed by atoms with Crippen LogP contribution in [0.5, 0.6) is 11.5 Å². The van der Waals surface area contributed by atoms with E-state index in [1.54, 1.807) is 6.07 Å². The van der Waals surface area contributed by atoms with Crippen LogP contribution >= 0.6 is 0 Å². The molecule has 0 saturated heterocycles. The average Bonchev–Trinajstić information content (AvgIpc) is 3.41. The summed E-state index contributed by atoms with van der Waals surface area (Å²) >= 11 is 0. The van der Waals surface area contributed by atoms with Gasteiger partial charge in [0.05, 0.1) is 30.2 Å². The van der Waals surface area contributed by atoms with Crippen molar-refractivity contribution in [1.29, 1.82) is 0 Å². The Labute approximate surface area is 207 Å². The number of amides is 1. The zero-order valence-electron chi connectivity index (χ0n) is 20.7. The summed E-state index contributed by atoms with van der Waals surface area (Å²) < 4.78 is 37.9. The summed E-state index contributed by atoms with van der Waals surface area (Å²) in [6, 6.07) is 10.3. The molecule has 7 nitrogen and oxygen atoms in total. The highest BCUT2D eigenvalue weighted by molar-refractivity contribution is 6.03. The number of anilines is 1. The van der Waals surface area contributed by atoms with Crippen molar-refractivity contribution < 1.29 is 33.3 Å². The molecule has 36 heavy (non-hydrogen) atoms. The zero-order valence-corrected chi connectivity index (χ0v) is 20.7. The summed E-state index contributed by atoms with van der Waals surface area (Å²) in [6.45, 7) is 8.11. The normalized spacial score (nSPS) is 18.3. The van der Waals surface area contributed by atoms with E-state index in [2.05, 4.69) is 35.6 Å². The number of carbonyl (C=O) groups is 1. The Morgan fingerprint density at radius 3 is 2.47 bits per heavy atom. The fourth-order valence-electron chi connectivity index (χ4n) is 5.05. The second-order valence-corrected chi connectivity index (χ2v) is 10.8. The summed E-state index contributed by atoms with van der Waals surface area (Å²) in [7, 11) is 0. The third kappa shape index (κ3) is 4.20. The number of fused-ring (bicyclic) bond motifs is 2. The third-order valence-electron chi connectivity index (χ3n) is 6.95. The molecule has 3 aromatic rings. The van der Waals surface area contributed by atoms with Crippen LogP contribution in [-0.4, -0.2) is 39.7 Å². The number of aromatic nitrogens is 1. The molecule has 3 N–H and O–H groups in total. The van der Waals surface area contributed by atoms with Gasteiger partial charge in [-0.1, -0.05) is 26.8 Å². The molecule has 2 aromatic carbocycles. The largest absolute Gasteiger partial charge is 0.586 e. The molecule has 1 aliphatic carbocycles. The molecule has 192 valence electrons. The van der Waals surface area contributed by atoms with Crippen molar-refractivity contribution in [3.63, 3.8) is 0 Å². The van der Waals surface area contributed by atoms with Gasteiger partial charge in [0.25, 0.3) is 0 Å². The minimum absolute atomic E-state index is 0.0495. The van der Waals surface area contributed by atoms with E-state index in [9.17, 15) is 23.8 Å². The molecule has 1 aromatic heterocycles. The van der Waals surface area contributed by atoms with Gasteiger partial charge in [-0.3, -0.25) is 4.79 Å². The van der Waals surface area contributed by atoms with Crippen LogP contribution in [0.3, 0.4) is 0 Å². The van der Waals surface area contributed by atoms with Crippen molar-refractivity contribution in [1.82, 2.24) is 4.57 Å². The maximum Gasteiger partial charge on any atom is 0.586 e. The van der Waals surface area contributed by atoms with Crippen molar-refractivity contribution in [2.75, 3.05) is 11.9 Å². The molecule has 1 fully saturated rings. The van der Waals surface area contributed by atoms with Gasteiger partial charge in [-0.2, -0.15) is 0 Å². The quantitative estimate of drug-likeness (QED) is 0.460. The lowest BCUT2D eigenvalue weighted by atomic mass is 9.92. The molecule has 1 aliphatic heterocycles. The number of carbonyl (C=O) groups excluding carboxylic acids is 1. The van der Waals surface area contributed by atoms with Crippen LogP contribution in [0.2, 0.25) is 0 Å². The fraction of sp³-hybridized carbons (Fsp3) is 0.444. The van der Waals surface area contributed by atoms with Gasteiger partial charge < -0.3 is 29.6 Å². The van der Waals surface area contributed by atoms with Crippen molar-refractivity contribution >= 4 is 22.5 Å². The van der Waals surface area contributed by atoms with Crippen LogP contribution in [0.15, 0.2) is 36.4 Å². The Hall–Kier alpha value is -3.17. The molecule has 1 unspecified atom stereocenters. The van der Waals surface area contributed by atoms with Gasteiger partial charge in [-0.25, -0.2) is 0 Å². The first-order valence-corrected chi connectivity index (χ1v) is 12.0. The predicted octanol–water partition coefficient (Wildman–Crippen LogP) is 4.59. The minimum atomic E-state index is -3.71. The Balaban J connectivity index is 1.45. The summed E-state index contributed by atoms with van der Waals surface area (Å²) in [6.07, 6.45) is -3.40. The molecule has 5 rings (SSSR count). The number of hydrogen-bond acceptors (Lipinski definition) is 5. The zero-order chi connectivity index (χ0) is 26.0. The third-order valence-corrected chi connectivity index (χ3v) is 6.95. The minimum Gasteiger partial charge on any atom is -0.395 e. The topological polar surface area (TPSA) is 93.0 Å². The maximum atomic E-state index is 13.4. The van der Waals surface area contributed by atoms with E-state index in [0.29, 0.717) is 24.1 Å². The standard InChI is InChI=1S/C27H30F2N2O5/c1-15-9-18(10-16-11-22(25(2,3)4)31(23(15)16)13-19(33)14-32)30-24(34)26(7-8-26)17-5-6-20-21(12-17)36-27(28,29)35-20/h5-6,9-12,19,32-33H,7-8,13-14H2,1-4H3,(H,30,34). The van der Waals surface area contributed by atoms with Crippen LogP contribution in [-0.2, 0) is 22.2 Å². The van der Waals surface area contributed by atoms with Crippen molar-refractivity contribution in [2.45, 2.75) is 70.3 Å². The van der Waals surface area contributed by atoms with Crippen LogP contribution < -0.4 is 14.8 Å². The van der Waals surface area contributed by atoms with Gasteiger partial charge in [0.1, 0.15) is 0 Å². The van der Waals surface area contributed by atoms with E-state index >= 15 is 0 Å². The lowest BCUT2D eigenvalue weighted by Gasteiger charge is -2.24. The van der Waals surface area contributed by atoms with E-state index in [4.69, 9.17) is 0 Å².